The molecular weight excluding hydrogens is 1450 g/mol. The zero-order chi connectivity index (χ0) is 75.6. The van der Waals surface area contributed by atoms with Gasteiger partial charge < -0.3 is 35.8 Å². The maximum absolute atomic E-state index is 14.6. The molecule has 3 aliphatic heterocycles. The highest BCUT2D eigenvalue weighted by Gasteiger charge is 2.49. The molecule has 20 nitrogen and oxygen atoms in total. The minimum absolute atomic E-state index is 0.0422. The molecule has 6 aromatic rings. The number of unbranched alkanes of at least 4 members (excludes halogenated alkanes) is 2. The summed E-state index contributed by atoms with van der Waals surface area (Å²) in [6.45, 7) is 19.8. The summed E-state index contributed by atoms with van der Waals surface area (Å²) in [5.41, 5.74) is 2.51. The molecule has 0 radical (unpaired) electrons. The molecule has 0 saturated carbocycles. The first-order chi connectivity index (χ1) is 49.7. The number of halogens is 4. The zero-order valence-electron chi connectivity index (χ0n) is 60.5. The number of rotatable bonds is 28. The number of nitrogens with zero attached hydrogens (tertiary/aromatic N) is 6. The van der Waals surface area contributed by atoms with E-state index in [0.717, 1.165) is 83.3 Å². The van der Waals surface area contributed by atoms with Crippen LogP contribution in [0.4, 0.5) is 24.5 Å². The summed E-state index contributed by atoms with van der Waals surface area (Å²) < 4.78 is 100. The van der Waals surface area contributed by atoms with E-state index in [-0.39, 0.29) is 54.4 Å². The normalized spacial score (nSPS) is 18.7. The maximum Gasteiger partial charge on any atom is 0.501 e. The van der Waals surface area contributed by atoms with Gasteiger partial charge in [0.15, 0.2) is 0 Å². The van der Waals surface area contributed by atoms with Gasteiger partial charge in [0.05, 0.1) is 38.8 Å². The molecule has 4 heterocycles. The van der Waals surface area contributed by atoms with Crippen molar-refractivity contribution >= 4 is 101 Å². The number of aryl methyl sites for hydroxylation is 1. The number of thiazole rings is 1. The molecule has 5 amide bonds. The van der Waals surface area contributed by atoms with Gasteiger partial charge in [-0.3, -0.25) is 33.8 Å². The van der Waals surface area contributed by atoms with Gasteiger partial charge >= 0.3 is 5.51 Å². The number of carbonyl (C=O) groups excluding carboxylic acids is 5. The molecule has 10 rings (SSSR count). The molecule has 1 unspecified atom stereocenters. The molecule has 5 atom stereocenters. The quantitative estimate of drug-likeness (QED) is 0.0226. The average molecular weight is 1540 g/mol. The number of alkyl halides is 3. The number of aromatic nitrogens is 1. The molecule has 0 bridgehead atoms. The van der Waals surface area contributed by atoms with Crippen LogP contribution < -0.4 is 25.6 Å². The number of hydrogen-bond donors (Lipinski definition) is 5. The number of hydrogen-bond acceptors (Lipinski definition) is 17. The molecule has 1 aromatic heterocycles. The van der Waals surface area contributed by atoms with Gasteiger partial charge in [0, 0.05) is 124 Å². The summed E-state index contributed by atoms with van der Waals surface area (Å²) in [5.74, 6) is -2.10. The second-order valence-corrected chi connectivity index (χ2v) is 35.7. The Labute approximate surface area is 628 Å². The molecule has 28 heteroatoms. The van der Waals surface area contributed by atoms with Crippen molar-refractivity contribution in [2.24, 2.45) is 10.8 Å². The Morgan fingerprint density at radius 3 is 2.10 bits per heavy atom. The lowest BCUT2D eigenvalue weighted by Crippen LogP contribution is -2.57. The van der Waals surface area contributed by atoms with Crippen molar-refractivity contribution in [1.82, 2.24) is 39.9 Å². The second kappa shape index (κ2) is 34.7. The molecule has 566 valence electrons. The lowest BCUT2D eigenvalue weighted by atomic mass is 9.73. The Morgan fingerprint density at radius 1 is 0.790 bits per heavy atom. The third-order valence-electron chi connectivity index (χ3n) is 20.2. The Balaban J connectivity index is 0.690. The molecule has 0 spiro atoms. The van der Waals surface area contributed by atoms with E-state index in [4.69, 9.17) is 11.6 Å². The number of allylic oxidation sites excluding steroid dienone is 1. The van der Waals surface area contributed by atoms with E-state index >= 15 is 0 Å². The molecule has 3 fully saturated rings. The number of thioether (sulfide) groups is 1. The molecule has 5 N–H and O–H groups in total. The van der Waals surface area contributed by atoms with Crippen LogP contribution in [0.5, 0.6) is 0 Å². The molecule has 105 heavy (non-hydrogen) atoms. The fourth-order valence-electron chi connectivity index (χ4n) is 14.0. The predicted molar refractivity (Wildman–Crippen MR) is 407 cm³/mol. The molecule has 1 aliphatic carbocycles. The van der Waals surface area contributed by atoms with Crippen LogP contribution in [-0.4, -0.2) is 184 Å². The summed E-state index contributed by atoms with van der Waals surface area (Å²) in [4.78, 5) is 82.6. The average Bonchev–Trinajstić information content (AvgIpc) is 0.849. The SMILES string of the molecule is Cc1ncsc1-c1ccc([C@H](C)NC(=O)[C@@H]2C[C@@H](O)CN2C(=O)[C@@H](NC(=O)CCCCCC(=O)N2CCN(CCC(CSc3ccccc3)Nc3ccc(S(=O)(=O)NC(=O)c4ccc(N5CCN(CC6=C(c7ccc(Cl)cc7)CCC(C)(C)C6)CC5)cc4)cc3S(=O)(=O)C(F)(F)F)CC2)C(C)(C)C)cc1. The molecule has 5 aromatic carbocycles. The van der Waals surface area contributed by atoms with E-state index in [9.17, 15) is 59.1 Å². The lowest BCUT2D eigenvalue weighted by molar-refractivity contribution is -0.144. The van der Waals surface area contributed by atoms with Crippen molar-refractivity contribution in [3.8, 4) is 10.4 Å². The number of piperazine rings is 2. The maximum atomic E-state index is 14.6. The molecule has 4 aliphatic rings. The van der Waals surface area contributed by atoms with Crippen LogP contribution in [0.2, 0.25) is 5.02 Å². The number of benzene rings is 5. The predicted octanol–water partition coefficient (Wildman–Crippen LogP) is 12.4. The Bertz CT molecular complexity index is 4300. The highest BCUT2D eigenvalue weighted by Crippen LogP contribution is 2.44. The van der Waals surface area contributed by atoms with Crippen molar-refractivity contribution < 1.29 is 59.1 Å². The highest BCUT2D eigenvalue weighted by molar-refractivity contribution is 7.99. The fraction of sp³-hybridized carbons (Fsp3) is 0.481. The number of sulfone groups is 1. The number of likely N-dealkylation sites (tertiary alicyclic amines) is 1. The summed E-state index contributed by atoms with van der Waals surface area (Å²) in [7, 11) is -11.1. The Kier molecular flexibility index (Phi) is 26.5. The first kappa shape index (κ1) is 80.2. The van der Waals surface area contributed by atoms with Crippen LogP contribution >= 0.6 is 34.7 Å². The Hall–Kier alpha value is -7.37. The first-order valence-electron chi connectivity index (χ1n) is 35.8. The zero-order valence-corrected chi connectivity index (χ0v) is 64.5. The third kappa shape index (κ3) is 21.1. The molecular formula is C77H96ClF3N10O10S4. The number of aliphatic hydroxyl groups excluding tert-OH is 1. The van der Waals surface area contributed by atoms with Crippen LogP contribution in [0.3, 0.4) is 0 Å². The largest absolute Gasteiger partial charge is 0.501 e. The van der Waals surface area contributed by atoms with Crippen molar-refractivity contribution in [3.63, 3.8) is 0 Å². The topological polar surface area (TPSA) is 251 Å². The van der Waals surface area contributed by atoms with Crippen molar-refractivity contribution in [3.05, 3.63) is 160 Å². The van der Waals surface area contributed by atoms with E-state index in [2.05, 4.69) is 61.6 Å². The minimum Gasteiger partial charge on any atom is -0.391 e. The number of amides is 5. The van der Waals surface area contributed by atoms with E-state index < -0.39 is 94.3 Å². The number of nitrogens with one attached hydrogen (secondary N) is 4. The van der Waals surface area contributed by atoms with Gasteiger partial charge in [0.2, 0.25) is 23.6 Å². The first-order valence-corrected chi connectivity index (χ1v) is 41.0. The van der Waals surface area contributed by atoms with Gasteiger partial charge in [0.1, 0.15) is 17.0 Å². The van der Waals surface area contributed by atoms with E-state index in [0.29, 0.717) is 82.6 Å². The standard InChI is InChI=1S/C77H96ClF3N10O10S4/c1-51(53-18-20-55(21-19-53)70-52(2)82-50-103-70)83-73(96)66-44-61(92)48-91(66)74(97)71(75(3,4)5)85-68(93)16-12-9-13-17-69(94)90-42-36-87(37-43-90)35-33-59(49-102-62-14-10-8-11-15-62)84-65-31-30-63(45-67(65)104(98,99)77(79,80)81)105(100,101)86-72(95)56-24-28-60(29-25-56)89-40-38-88(39-41-89)47-57-46-76(6,7)34-32-64(57)54-22-26-58(78)27-23-54/h8,10-11,14-15,18-31,45,50-51,59,61,66,71,84,92H,9,12-13,16-17,32-44,46-49H2,1-7H3,(H,83,96)(H,85,93)(H,86,95)/t51-,59?,61+,66-,71+/m0/s1. The minimum atomic E-state index is -6.18. The van der Waals surface area contributed by atoms with E-state index in [1.165, 1.54) is 45.5 Å². The number of aliphatic hydroxyl groups is 1. The van der Waals surface area contributed by atoms with Crippen molar-refractivity contribution in [2.75, 3.05) is 88.0 Å². The summed E-state index contributed by atoms with van der Waals surface area (Å²) in [5, 5.41) is 20.4. The van der Waals surface area contributed by atoms with Gasteiger partial charge in [-0.1, -0.05) is 113 Å². The molecule has 3 saturated heterocycles. The second-order valence-electron chi connectivity index (χ2n) is 29.7. The lowest BCUT2D eigenvalue weighted by Gasteiger charge is -2.39. The monoisotopic (exact) mass is 1540 g/mol. The van der Waals surface area contributed by atoms with Gasteiger partial charge in [-0.15, -0.1) is 23.1 Å². The highest BCUT2D eigenvalue weighted by atomic mass is 35.5. The number of carbonyl (C=O) groups is 5. The van der Waals surface area contributed by atoms with Gasteiger partial charge in [-0.2, -0.15) is 13.2 Å². The van der Waals surface area contributed by atoms with Crippen molar-refractivity contribution in [1.29, 1.82) is 0 Å². The summed E-state index contributed by atoms with van der Waals surface area (Å²) in [6.07, 6.45) is 4.33. The van der Waals surface area contributed by atoms with Crippen LogP contribution in [0, 0.1) is 17.8 Å². The van der Waals surface area contributed by atoms with Gasteiger partial charge in [-0.05, 0) is 152 Å². The number of anilines is 2. The number of β-amino-alcohol motifs (C(OH)–C–C–N with tert-alkyl or cyclic N) is 1. The van der Waals surface area contributed by atoms with Gasteiger partial charge in [0.25, 0.3) is 25.8 Å². The summed E-state index contributed by atoms with van der Waals surface area (Å²) >= 11 is 9.17. The van der Waals surface area contributed by atoms with Crippen LogP contribution in [-0.2, 0) is 39.0 Å². The Morgan fingerprint density at radius 2 is 1.45 bits per heavy atom. The third-order valence-corrected chi connectivity index (χ3v) is 25.4. The van der Waals surface area contributed by atoms with Crippen molar-refractivity contribution in [2.45, 2.75) is 163 Å². The van der Waals surface area contributed by atoms with E-state index in [1.807, 2.05) is 106 Å². The summed E-state index contributed by atoms with van der Waals surface area (Å²) in [6, 6.07) is 30.8. The van der Waals surface area contributed by atoms with Crippen LogP contribution in [0.25, 0.3) is 16.0 Å². The van der Waals surface area contributed by atoms with Crippen LogP contribution in [0.1, 0.15) is 139 Å². The smallest absolute Gasteiger partial charge is 0.391 e. The fourth-order valence-corrected chi connectivity index (χ4v) is 18.0. The number of sulfonamides is 1. The van der Waals surface area contributed by atoms with Crippen LogP contribution in [0.15, 0.2) is 147 Å². The van der Waals surface area contributed by atoms with Gasteiger partial charge in [-0.25, -0.2) is 26.5 Å². The van der Waals surface area contributed by atoms with E-state index in [1.54, 1.807) is 33.9 Å².